The second-order valence-electron chi connectivity index (χ2n) is 8.78. The number of carbonyl (C=O) groups is 1. The molecular formula is C27H32F2N2O4S. The third-order valence-corrected chi connectivity index (χ3v) is 6.89. The van der Waals surface area contributed by atoms with Crippen LogP contribution in [0.4, 0.5) is 8.78 Å². The predicted octanol–water partition coefficient (Wildman–Crippen LogP) is 6.27. The molecule has 1 aromatic heterocycles. The molecule has 3 aromatic rings. The third kappa shape index (κ3) is 7.99. The van der Waals surface area contributed by atoms with E-state index in [0.717, 1.165) is 52.0 Å². The number of ether oxygens (including phenoxy) is 2. The average Bonchev–Trinajstić information content (AvgIpc) is 3.57. The molecule has 6 nitrogen and oxygen atoms in total. The number of thiazole rings is 1. The van der Waals surface area contributed by atoms with E-state index in [9.17, 15) is 13.6 Å². The SMILES string of the molecule is COc1ccc(CCNCC2CC2)cc1OC(F)F.Cc1nc(C(=O)O)c(-c2ccc(C)c(C)c2)s1. The minimum absolute atomic E-state index is 0.0946. The Morgan fingerprint density at radius 1 is 1.14 bits per heavy atom. The summed E-state index contributed by atoms with van der Waals surface area (Å²) in [5.74, 6) is 0.295. The molecular weight excluding hydrogens is 486 g/mol. The molecule has 1 aliphatic carbocycles. The first-order valence-corrected chi connectivity index (χ1v) is 12.6. The Balaban J connectivity index is 0.000000202. The minimum atomic E-state index is -2.84. The molecule has 0 bridgehead atoms. The van der Waals surface area contributed by atoms with Gasteiger partial charge in [0.05, 0.1) is 17.0 Å². The number of aryl methyl sites for hydroxylation is 3. The summed E-state index contributed by atoms with van der Waals surface area (Å²) in [4.78, 5) is 15.9. The number of methoxy groups -OCH3 is 1. The Morgan fingerprint density at radius 3 is 2.50 bits per heavy atom. The van der Waals surface area contributed by atoms with E-state index in [0.29, 0.717) is 5.75 Å². The summed E-state index contributed by atoms with van der Waals surface area (Å²) in [7, 11) is 1.44. The quantitative estimate of drug-likeness (QED) is 0.308. The summed E-state index contributed by atoms with van der Waals surface area (Å²) in [5, 5.41) is 13.2. The monoisotopic (exact) mass is 518 g/mol. The number of carboxylic acid groups (broad SMARTS) is 1. The van der Waals surface area contributed by atoms with Crippen LogP contribution < -0.4 is 14.8 Å². The summed E-state index contributed by atoms with van der Waals surface area (Å²) in [6.45, 7) is 4.94. The van der Waals surface area contributed by atoms with Crippen molar-refractivity contribution >= 4 is 17.3 Å². The fourth-order valence-electron chi connectivity index (χ4n) is 3.58. The number of rotatable bonds is 10. The Hall–Kier alpha value is -3.04. The van der Waals surface area contributed by atoms with Crippen LogP contribution in [0.2, 0.25) is 0 Å². The lowest BCUT2D eigenvalue weighted by Gasteiger charge is -2.11. The number of hydrogen-bond acceptors (Lipinski definition) is 6. The molecule has 1 fully saturated rings. The van der Waals surface area contributed by atoms with E-state index >= 15 is 0 Å². The molecule has 1 aliphatic rings. The number of alkyl halides is 2. The zero-order valence-corrected chi connectivity index (χ0v) is 21.8. The number of benzene rings is 2. The molecule has 9 heteroatoms. The van der Waals surface area contributed by atoms with Crippen molar-refractivity contribution < 1.29 is 28.2 Å². The Labute approximate surface area is 214 Å². The van der Waals surface area contributed by atoms with Crippen LogP contribution in [0.1, 0.15) is 45.0 Å². The van der Waals surface area contributed by atoms with Crippen LogP contribution in [-0.2, 0) is 6.42 Å². The molecule has 1 heterocycles. The number of carboxylic acids is 1. The summed E-state index contributed by atoms with van der Waals surface area (Å²) in [5.41, 5.74) is 4.39. The summed E-state index contributed by atoms with van der Waals surface area (Å²) < 4.78 is 34.0. The Kier molecular flexibility index (Phi) is 9.78. The van der Waals surface area contributed by atoms with Gasteiger partial charge in [-0.15, -0.1) is 11.3 Å². The fourth-order valence-corrected chi connectivity index (χ4v) is 4.48. The summed E-state index contributed by atoms with van der Waals surface area (Å²) in [6, 6.07) is 11.1. The van der Waals surface area contributed by atoms with Gasteiger partial charge in [0.15, 0.2) is 17.2 Å². The first-order chi connectivity index (χ1) is 17.2. The average molecular weight is 519 g/mol. The van der Waals surface area contributed by atoms with Crippen LogP contribution in [0.3, 0.4) is 0 Å². The maximum atomic E-state index is 12.3. The second kappa shape index (κ2) is 12.8. The van der Waals surface area contributed by atoms with Gasteiger partial charge >= 0.3 is 12.6 Å². The van der Waals surface area contributed by atoms with Gasteiger partial charge in [0.1, 0.15) is 0 Å². The highest BCUT2D eigenvalue weighted by Crippen LogP contribution is 2.32. The minimum Gasteiger partial charge on any atom is -0.493 e. The zero-order chi connectivity index (χ0) is 26.2. The van der Waals surface area contributed by atoms with Gasteiger partial charge in [0.25, 0.3) is 0 Å². The number of halogens is 2. The summed E-state index contributed by atoms with van der Waals surface area (Å²) >= 11 is 1.42. The van der Waals surface area contributed by atoms with Crippen LogP contribution >= 0.6 is 11.3 Å². The van der Waals surface area contributed by atoms with Crippen molar-refractivity contribution in [3.05, 3.63) is 63.8 Å². The van der Waals surface area contributed by atoms with E-state index in [2.05, 4.69) is 15.0 Å². The van der Waals surface area contributed by atoms with Crippen LogP contribution in [0.25, 0.3) is 10.4 Å². The molecule has 0 radical (unpaired) electrons. The Bertz CT molecular complexity index is 1180. The van der Waals surface area contributed by atoms with Crippen molar-refractivity contribution in [2.24, 2.45) is 5.92 Å². The van der Waals surface area contributed by atoms with E-state index in [-0.39, 0.29) is 11.4 Å². The molecule has 36 heavy (non-hydrogen) atoms. The molecule has 0 amide bonds. The van der Waals surface area contributed by atoms with Gasteiger partial charge < -0.3 is 19.9 Å². The van der Waals surface area contributed by atoms with Crippen molar-refractivity contribution in [1.82, 2.24) is 10.3 Å². The molecule has 2 aromatic carbocycles. The van der Waals surface area contributed by atoms with Crippen molar-refractivity contribution in [2.45, 2.75) is 46.6 Å². The lowest BCUT2D eigenvalue weighted by atomic mass is 10.0. The third-order valence-electron chi connectivity index (χ3n) is 5.87. The topological polar surface area (TPSA) is 80.7 Å². The van der Waals surface area contributed by atoms with Gasteiger partial charge in [0.2, 0.25) is 0 Å². The second-order valence-corrected chi connectivity index (χ2v) is 9.98. The van der Waals surface area contributed by atoms with Gasteiger partial charge in [-0.1, -0.05) is 24.3 Å². The first kappa shape index (κ1) is 27.5. The molecule has 4 rings (SSSR count). The van der Waals surface area contributed by atoms with E-state index in [4.69, 9.17) is 9.84 Å². The standard InChI is InChI=1S/C14H19F2NO2.C13H13NO2S/c1-18-12-5-4-10(8-13(12)19-14(15)16)6-7-17-9-11-2-3-11;1-7-4-5-10(6-8(7)2)12-11(13(15)16)14-9(3)17-12/h4-5,8,11,14,17H,2-3,6-7,9H2,1H3;4-6H,1-3H3,(H,15,16). The number of aromatic nitrogens is 1. The largest absolute Gasteiger partial charge is 0.493 e. The number of nitrogens with zero attached hydrogens (tertiary/aromatic N) is 1. The van der Waals surface area contributed by atoms with Gasteiger partial charge in [-0.05, 0) is 93.4 Å². The van der Waals surface area contributed by atoms with Crippen molar-refractivity contribution in [2.75, 3.05) is 20.2 Å². The van der Waals surface area contributed by atoms with Gasteiger partial charge in [-0.25, -0.2) is 9.78 Å². The molecule has 0 atom stereocenters. The van der Waals surface area contributed by atoms with Crippen molar-refractivity contribution in [1.29, 1.82) is 0 Å². The van der Waals surface area contributed by atoms with E-state index in [1.807, 2.05) is 45.0 Å². The number of aromatic carboxylic acids is 1. The lowest BCUT2D eigenvalue weighted by Crippen LogP contribution is -2.19. The van der Waals surface area contributed by atoms with Crippen molar-refractivity contribution in [3.63, 3.8) is 0 Å². The highest BCUT2D eigenvalue weighted by Gasteiger charge is 2.20. The molecule has 0 saturated heterocycles. The van der Waals surface area contributed by atoms with E-state index in [1.165, 1.54) is 36.9 Å². The molecule has 0 spiro atoms. The molecule has 194 valence electrons. The number of hydrogen-bond donors (Lipinski definition) is 2. The van der Waals surface area contributed by atoms with Crippen LogP contribution in [-0.4, -0.2) is 42.9 Å². The fraction of sp³-hybridized carbons (Fsp3) is 0.407. The normalized spacial score (nSPS) is 12.8. The highest BCUT2D eigenvalue weighted by atomic mass is 32.1. The maximum Gasteiger partial charge on any atom is 0.387 e. The van der Waals surface area contributed by atoms with Crippen LogP contribution in [0, 0.1) is 26.7 Å². The van der Waals surface area contributed by atoms with E-state index < -0.39 is 12.6 Å². The lowest BCUT2D eigenvalue weighted by molar-refractivity contribution is -0.0512. The Morgan fingerprint density at radius 2 is 1.89 bits per heavy atom. The van der Waals surface area contributed by atoms with Crippen LogP contribution in [0.5, 0.6) is 11.5 Å². The first-order valence-electron chi connectivity index (χ1n) is 11.8. The van der Waals surface area contributed by atoms with Gasteiger partial charge in [0, 0.05) is 0 Å². The predicted molar refractivity (Wildman–Crippen MR) is 138 cm³/mol. The molecule has 2 N–H and O–H groups in total. The molecule has 0 unspecified atom stereocenters. The van der Waals surface area contributed by atoms with Crippen molar-refractivity contribution in [3.8, 4) is 21.9 Å². The highest BCUT2D eigenvalue weighted by molar-refractivity contribution is 7.15. The summed E-state index contributed by atoms with van der Waals surface area (Å²) in [6.07, 6.45) is 3.43. The van der Waals surface area contributed by atoms with Gasteiger partial charge in [-0.2, -0.15) is 8.78 Å². The molecule has 1 saturated carbocycles. The van der Waals surface area contributed by atoms with E-state index in [1.54, 1.807) is 12.1 Å². The maximum absolute atomic E-state index is 12.3. The zero-order valence-electron chi connectivity index (χ0n) is 20.9. The molecule has 0 aliphatic heterocycles. The number of nitrogens with one attached hydrogen (secondary N) is 1. The smallest absolute Gasteiger partial charge is 0.387 e. The van der Waals surface area contributed by atoms with Crippen LogP contribution in [0.15, 0.2) is 36.4 Å². The van der Waals surface area contributed by atoms with Gasteiger partial charge in [-0.3, -0.25) is 0 Å².